The maximum Gasteiger partial charge on any atom is 0.248 e. The Balaban J connectivity index is 1.83. The molecule has 27 heavy (non-hydrogen) atoms. The molecule has 1 aromatic heterocycles. The zero-order valence-corrected chi connectivity index (χ0v) is 16.7. The van der Waals surface area contributed by atoms with Gasteiger partial charge in [-0.1, -0.05) is 22.0 Å². The molecule has 0 aliphatic heterocycles. The van der Waals surface area contributed by atoms with E-state index in [1.807, 2.05) is 62.6 Å². The summed E-state index contributed by atoms with van der Waals surface area (Å²) in [5, 5.41) is 7.02. The fourth-order valence-electron chi connectivity index (χ4n) is 2.52. The molecule has 3 N–H and O–H groups in total. The fourth-order valence-corrected chi connectivity index (χ4v) is 2.92. The van der Waals surface area contributed by atoms with Gasteiger partial charge in [-0.05, 0) is 42.5 Å². The Bertz CT molecular complexity index is 987. The summed E-state index contributed by atoms with van der Waals surface area (Å²) in [6, 6.07) is 13.4. The maximum absolute atomic E-state index is 12.1. The largest absolute Gasteiger partial charge is 0.340 e. The highest BCUT2D eigenvalue weighted by Crippen LogP contribution is 2.26. The van der Waals surface area contributed by atoms with E-state index in [0.29, 0.717) is 11.5 Å². The fraction of sp³-hybridized carbons (Fsp3) is 0.150. The van der Waals surface area contributed by atoms with E-state index in [2.05, 4.69) is 36.5 Å². The van der Waals surface area contributed by atoms with Crippen molar-refractivity contribution in [3.05, 3.63) is 65.4 Å². The van der Waals surface area contributed by atoms with Gasteiger partial charge < -0.3 is 15.5 Å². The molecule has 0 saturated heterocycles. The van der Waals surface area contributed by atoms with Gasteiger partial charge in [-0.2, -0.15) is 0 Å². The number of fused-ring (bicyclic) bond motifs is 1. The summed E-state index contributed by atoms with van der Waals surface area (Å²) in [6.45, 7) is 0.791. The molecule has 0 saturated carbocycles. The van der Waals surface area contributed by atoms with Gasteiger partial charge in [0.05, 0.1) is 26.2 Å². The molecule has 7 heteroatoms. The quantitative estimate of drug-likeness (QED) is 0.530. The molecule has 0 spiro atoms. The normalized spacial score (nSPS) is 11.3. The number of nitrogens with one attached hydrogen (secondary N) is 3. The molecule has 2 aromatic carbocycles. The smallest absolute Gasteiger partial charge is 0.248 e. The van der Waals surface area contributed by atoms with Crippen LogP contribution in [0.4, 0.5) is 17.2 Å². The molecule has 0 atom stereocenters. The first-order valence-corrected chi connectivity index (χ1v) is 9.34. The maximum atomic E-state index is 12.1. The van der Waals surface area contributed by atoms with Gasteiger partial charge in [-0.25, -0.2) is 9.97 Å². The number of hydrogen-bond donors (Lipinski definition) is 3. The van der Waals surface area contributed by atoms with Crippen LogP contribution in [-0.4, -0.2) is 36.5 Å². The van der Waals surface area contributed by atoms with Crippen molar-refractivity contribution in [1.29, 1.82) is 0 Å². The average molecular weight is 427 g/mol. The molecule has 1 heterocycles. The van der Waals surface area contributed by atoms with Crippen LogP contribution in [0.3, 0.4) is 0 Å². The topological polar surface area (TPSA) is 71.3 Å². The van der Waals surface area contributed by atoms with E-state index in [1.54, 1.807) is 6.08 Å². The molecule has 0 aliphatic rings. The van der Waals surface area contributed by atoms with Crippen molar-refractivity contribution in [3.8, 4) is 0 Å². The zero-order chi connectivity index (χ0) is 19.2. The van der Waals surface area contributed by atoms with Gasteiger partial charge in [0.1, 0.15) is 12.1 Å². The van der Waals surface area contributed by atoms with Gasteiger partial charge in [0.25, 0.3) is 0 Å². The molecule has 0 bridgehead atoms. The van der Waals surface area contributed by atoms with Crippen LogP contribution in [0.2, 0.25) is 0 Å². The van der Waals surface area contributed by atoms with E-state index in [1.165, 1.54) is 11.2 Å². The van der Waals surface area contributed by atoms with Crippen LogP contribution >= 0.6 is 15.9 Å². The Morgan fingerprint density at radius 1 is 1.15 bits per heavy atom. The molecular weight excluding hydrogens is 406 g/mol. The number of amides is 1. The van der Waals surface area contributed by atoms with Crippen LogP contribution in [0, 0.1) is 0 Å². The number of nitrogens with zero attached hydrogens (tertiary/aromatic N) is 2. The summed E-state index contributed by atoms with van der Waals surface area (Å²) in [4.78, 5) is 22.0. The lowest BCUT2D eigenvalue weighted by Gasteiger charge is -2.10. The van der Waals surface area contributed by atoms with Crippen LogP contribution in [0.25, 0.3) is 10.9 Å². The SMILES string of the molecule is C[NH+](C)CC=CC(=O)Nc1ccc2ncnc(Nc3cccc(Br)c3)c2c1. The Morgan fingerprint density at radius 3 is 2.78 bits per heavy atom. The summed E-state index contributed by atoms with van der Waals surface area (Å²) in [5.74, 6) is 0.523. The van der Waals surface area contributed by atoms with Crippen molar-refractivity contribution in [2.24, 2.45) is 0 Å². The molecule has 0 radical (unpaired) electrons. The number of carbonyl (C=O) groups excluding carboxylic acids is 1. The van der Waals surface area contributed by atoms with Crippen LogP contribution in [0.5, 0.6) is 0 Å². The summed E-state index contributed by atoms with van der Waals surface area (Å²) in [6.07, 6.45) is 4.93. The third-order valence-corrected chi connectivity index (χ3v) is 4.28. The lowest BCUT2D eigenvalue weighted by Crippen LogP contribution is -3.05. The van der Waals surface area contributed by atoms with Gasteiger partial charge in [-0.3, -0.25) is 4.79 Å². The first-order chi connectivity index (χ1) is 13.0. The number of carbonyl (C=O) groups is 1. The van der Waals surface area contributed by atoms with Gasteiger partial charge in [0.2, 0.25) is 5.91 Å². The lowest BCUT2D eigenvalue weighted by molar-refractivity contribution is -0.851. The molecule has 1 amide bonds. The third kappa shape index (κ3) is 5.35. The van der Waals surface area contributed by atoms with Gasteiger partial charge in [-0.15, -0.1) is 0 Å². The van der Waals surface area contributed by atoms with Crippen LogP contribution < -0.4 is 15.5 Å². The highest BCUT2D eigenvalue weighted by molar-refractivity contribution is 9.10. The molecule has 6 nitrogen and oxygen atoms in total. The third-order valence-electron chi connectivity index (χ3n) is 3.79. The van der Waals surface area contributed by atoms with Crippen molar-refractivity contribution in [1.82, 2.24) is 9.97 Å². The van der Waals surface area contributed by atoms with Crippen LogP contribution in [0.1, 0.15) is 0 Å². The van der Waals surface area contributed by atoms with E-state index < -0.39 is 0 Å². The monoisotopic (exact) mass is 426 g/mol. The molecule has 3 aromatic rings. The highest BCUT2D eigenvalue weighted by Gasteiger charge is 2.07. The Kier molecular flexibility index (Phi) is 6.16. The van der Waals surface area contributed by atoms with Crippen LogP contribution in [0.15, 0.2) is 65.4 Å². The second-order valence-electron chi connectivity index (χ2n) is 6.39. The van der Waals surface area contributed by atoms with Crippen LogP contribution in [-0.2, 0) is 4.79 Å². The second-order valence-corrected chi connectivity index (χ2v) is 7.31. The average Bonchev–Trinajstić information content (AvgIpc) is 2.62. The first-order valence-electron chi connectivity index (χ1n) is 8.55. The van der Waals surface area contributed by atoms with Gasteiger partial charge in [0, 0.05) is 27.3 Å². The second kappa shape index (κ2) is 8.75. The molecule has 0 unspecified atom stereocenters. The van der Waals surface area contributed by atoms with Crippen molar-refractivity contribution in [2.75, 3.05) is 31.3 Å². The Hall–Kier alpha value is -2.77. The Labute approximate surface area is 166 Å². The molecule has 3 rings (SSSR count). The summed E-state index contributed by atoms with van der Waals surface area (Å²) >= 11 is 3.47. The Morgan fingerprint density at radius 2 is 2.00 bits per heavy atom. The van der Waals surface area contributed by atoms with Crippen molar-refractivity contribution >= 4 is 49.9 Å². The minimum atomic E-state index is -0.158. The minimum Gasteiger partial charge on any atom is -0.340 e. The van der Waals surface area contributed by atoms with Crippen molar-refractivity contribution < 1.29 is 9.69 Å². The first kappa shape index (κ1) is 19.0. The molecule has 0 aliphatic carbocycles. The number of rotatable bonds is 6. The predicted octanol–water partition coefficient (Wildman–Crippen LogP) is 2.78. The number of halogens is 1. The number of anilines is 3. The zero-order valence-electron chi connectivity index (χ0n) is 15.2. The van der Waals surface area contributed by atoms with E-state index in [-0.39, 0.29) is 5.91 Å². The molecule has 0 fully saturated rings. The summed E-state index contributed by atoms with van der Waals surface area (Å²) in [5.41, 5.74) is 2.40. The predicted molar refractivity (Wildman–Crippen MR) is 112 cm³/mol. The molecular formula is C20H21BrN5O+. The number of likely N-dealkylation sites (N-methyl/N-ethyl adjacent to an activating group) is 1. The lowest BCUT2D eigenvalue weighted by atomic mass is 10.2. The van der Waals surface area contributed by atoms with Crippen molar-refractivity contribution in [2.45, 2.75) is 0 Å². The molecule has 138 valence electrons. The summed E-state index contributed by atoms with van der Waals surface area (Å²) < 4.78 is 0.977. The van der Waals surface area contributed by atoms with E-state index >= 15 is 0 Å². The van der Waals surface area contributed by atoms with E-state index in [0.717, 1.165) is 27.6 Å². The number of benzene rings is 2. The highest BCUT2D eigenvalue weighted by atomic mass is 79.9. The number of hydrogen-bond acceptors (Lipinski definition) is 4. The van der Waals surface area contributed by atoms with Crippen molar-refractivity contribution in [3.63, 3.8) is 0 Å². The minimum absolute atomic E-state index is 0.158. The van der Waals surface area contributed by atoms with E-state index in [9.17, 15) is 4.79 Å². The standard InChI is InChI=1S/C20H20BrN5O/c1-26(2)10-4-7-19(27)24-16-8-9-18-17(12-16)20(23-13-22-18)25-15-6-3-5-14(21)11-15/h3-9,11-13H,10H2,1-2H3,(H,24,27)(H,22,23,25)/p+1. The van der Waals surface area contributed by atoms with Gasteiger partial charge >= 0.3 is 0 Å². The van der Waals surface area contributed by atoms with Gasteiger partial charge in [0.15, 0.2) is 0 Å². The number of quaternary nitrogens is 1. The number of aromatic nitrogens is 2. The van der Waals surface area contributed by atoms with E-state index in [4.69, 9.17) is 0 Å². The summed E-state index contributed by atoms with van der Waals surface area (Å²) in [7, 11) is 4.07.